The SMILES string of the molecule is CCSCC(O)Cc1cccc(O)c1. The first-order valence-electron chi connectivity index (χ1n) is 4.76. The lowest BCUT2D eigenvalue weighted by Gasteiger charge is -2.09. The van der Waals surface area contributed by atoms with E-state index in [4.69, 9.17) is 0 Å². The molecule has 0 spiro atoms. The van der Waals surface area contributed by atoms with Gasteiger partial charge in [-0.15, -0.1) is 0 Å². The van der Waals surface area contributed by atoms with Gasteiger partial charge in [-0.3, -0.25) is 0 Å². The highest BCUT2D eigenvalue weighted by Gasteiger charge is 2.05. The summed E-state index contributed by atoms with van der Waals surface area (Å²) in [6.07, 6.45) is 0.295. The maximum absolute atomic E-state index is 9.62. The van der Waals surface area contributed by atoms with E-state index < -0.39 is 0 Å². The topological polar surface area (TPSA) is 40.5 Å². The van der Waals surface area contributed by atoms with E-state index in [0.29, 0.717) is 6.42 Å². The second-order valence-electron chi connectivity index (χ2n) is 3.19. The zero-order chi connectivity index (χ0) is 10.4. The zero-order valence-corrected chi connectivity index (χ0v) is 9.13. The van der Waals surface area contributed by atoms with Crippen molar-refractivity contribution in [3.63, 3.8) is 0 Å². The Balaban J connectivity index is 2.43. The Morgan fingerprint density at radius 2 is 2.21 bits per heavy atom. The number of aliphatic hydroxyl groups excluding tert-OH is 1. The van der Waals surface area contributed by atoms with E-state index in [9.17, 15) is 10.2 Å². The fraction of sp³-hybridized carbons (Fsp3) is 0.455. The van der Waals surface area contributed by atoms with Gasteiger partial charge in [0.05, 0.1) is 6.10 Å². The fourth-order valence-electron chi connectivity index (χ4n) is 1.27. The zero-order valence-electron chi connectivity index (χ0n) is 8.31. The van der Waals surface area contributed by atoms with Crippen molar-refractivity contribution in [2.24, 2.45) is 0 Å². The number of hydrogen-bond donors (Lipinski definition) is 2. The Morgan fingerprint density at radius 3 is 2.86 bits per heavy atom. The van der Waals surface area contributed by atoms with Crippen molar-refractivity contribution >= 4 is 11.8 Å². The van der Waals surface area contributed by atoms with Crippen LogP contribution in [0.3, 0.4) is 0 Å². The summed E-state index contributed by atoms with van der Waals surface area (Å²) in [5, 5.41) is 18.8. The van der Waals surface area contributed by atoms with Crippen LogP contribution >= 0.6 is 11.8 Å². The predicted octanol–water partition coefficient (Wildman–Crippen LogP) is 2.05. The molecule has 2 nitrogen and oxygen atoms in total. The number of phenols is 1. The Hall–Kier alpha value is -0.670. The van der Waals surface area contributed by atoms with Gasteiger partial charge < -0.3 is 10.2 Å². The number of benzene rings is 1. The van der Waals surface area contributed by atoms with Gasteiger partial charge in [0.2, 0.25) is 0 Å². The van der Waals surface area contributed by atoms with E-state index >= 15 is 0 Å². The number of aliphatic hydroxyl groups is 1. The van der Waals surface area contributed by atoms with Crippen LogP contribution in [0.5, 0.6) is 5.75 Å². The summed E-state index contributed by atoms with van der Waals surface area (Å²) in [5.74, 6) is 2.04. The van der Waals surface area contributed by atoms with Crippen molar-refractivity contribution in [1.29, 1.82) is 0 Å². The molecule has 0 saturated carbocycles. The van der Waals surface area contributed by atoms with Crippen LogP contribution in [0.4, 0.5) is 0 Å². The van der Waals surface area contributed by atoms with Gasteiger partial charge in [0.15, 0.2) is 0 Å². The highest BCUT2D eigenvalue weighted by molar-refractivity contribution is 7.99. The highest BCUT2D eigenvalue weighted by atomic mass is 32.2. The number of rotatable bonds is 5. The molecule has 0 aliphatic carbocycles. The molecule has 14 heavy (non-hydrogen) atoms. The van der Waals surface area contributed by atoms with Crippen LogP contribution in [-0.4, -0.2) is 27.8 Å². The Bertz CT molecular complexity index is 276. The predicted molar refractivity (Wildman–Crippen MR) is 60.8 cm³/mol. The summed E-state index contributed by atoms with van der Waals surface area (Å²) >= 11 is 1.73. The molecule has 1 aromatic carbocycles. The average molecular weight is 212 g/mol. The molecule has 0 radical (unpaired) electrons. The van der Waals surface area contributed by atoms with Gasteiger partial charge in [0, 0.05) is 5.75 Å². The Labute approximate surface area is 89.0 Å². The van der Waals surface area contributed by atoms with Crippen LogP contribution in [-0.2, 0) is 6.42 Å². The monoisotopic (exact) mass is 212 g/mol. The molecule has 0 bridgehead atoms. The normalized spacial score (nSPS) is 12.7. The smallest absolute Gasteiger partial charge is 0.115 e. The Morgan fingerprint density at radius 1 is 1.43 bits per heavy atom. The summed E-state index contributed by atoms with van der Waals surface area (Å²) in [4.78, 5) is 0. The van der Waals surface area contributed by atoms with Crippen molar-refractivity contribution in [3.8, 4) is 5.75 Å². The highest BCUT2D eigenvalue weighted by Crippen LogP contribution is 2.14. The molecule has 0 fully saturated rings. The second kappa shape index (κ2) is 5.94. The molecular weight excluding hydrogens is 196 g/mol. The minimum Gasteiger partial charge on any atom is -0.508 e. The average Bonchev–Trinajstić information content (AvgIpc) is 2.15. The first kappa shape index (κ1) is 11.4. The number of aromatic hydroxyl groups is 1. The molecule has 1 aromatic rings. The minimum atomic E-state index is -0.318. The van der Waals surface area contributed by atoms with Gasteiger partial charge in [0.1, 0.15) is 5.75 Å². The van der Waals surface area contributed by atoms with Crippen LogP contribution < -0.4 is 0 Å². The van der Waals surface area contributed by atoms with Crippen molar-refractivity contribution in [1.82, 2.24) is 0 Å². The standard InChI is InChI=1S/C11H16O2S/c1-2-14-8-11(13)7-9-4-3-5-10(12)6-9/h3-6,11-13H,2,7-8H2,1H3. The van der Waals surface area contributed by atoms with E-state index in [1.807, 2.05) is 6.07 Å². The van der Waals surface area contributed by atoms with E-state index in [-0.39, 0.29) is 11.9 Å². The van der Waals surface area contributed by atoms with Gasteiger partial charge in [0.25, 0.3) is 0 Å². The lowest BCUT2D eigenvalue weighted by Crippen LogP contribution is -2.13. The number of hydrogen-bond acceptors (Lipinski definition) is 3. The van der Waals surface area contributed by atoms with E-state index in [1.165, 1.54) is 0 Å². The van der Waals surface area contributed by atoms with Crippen LogP contribution in [0.25, 0.3) is 0 Å². The van der Waals surface area contributed by atoms with Gasteiger partial charge >= 0.3 is 0 Å². The van der Waals surface area contributed by atoms with Crippen molar-refractivity contribution in [3.05, 3.63) is 29.8 Å². The molecule has 0 aliphatic rings. The number of phenolic OH excluding ortho intramolecular Hbond substituents is 1. The van der Waals surface area contributed by atoms with Gasteiger partial charge in [-0.05, 0) is 29.9 Å². The van der Waals surface area contributed by atoms with Crippen molar-refractivity contribution in [2.45, 2.75) is 19.4 Å². The molecule has 3 heteroatoms. The molecule has 78 valence electrons. The van der Waals surface area contributed by atoms with E-state index in [1.54, 1.807) is 30.0 Å². The van der Waals surface area contributed by atoms with E-state index in [0.717, 1.165) is 17.1 Å². The molecule has 1 rings (SSSR count). The first-order chi connectivity index (χ1) is 6.72. The lowest BCUT2D eigenvalue weighted by atomic mass is 10.1. The van der Waals surface area contributed by atoms with Crippen LogP contribution in [0.15, 0.2) is 24.3 Å². The molecule has 0 amide bonds. The van der Waals surface area contributed by atoms with E-state index in [2.05, 4.69) is 6.92 Å². The molecule has 0 aromatic heterocycles. The van der Waals surface area contributed by atoms with Gasteiger partial charge in [-0.2, -0.15) is 11.8 Å². The maximum Gasteiger partial charge on any atom is 0.115 e. The summed E-state index contributed by atoms with van der Waals surface area (Å²) in [7, 11) is 0. The Kier molecular flexibility index (Phi) is 4.84. The molecule has 0 heterocycles. The maximum atomic E-state index is 9.62. The quantitative estimate of drug-likeness (QED) is 0.784. The largest absolute Gasteiger partial charge is 0.508 e. The van der Waals surface area contributed by atoms with Gasteiger partial charge in [-0.1, -0.05) is 19.1 Å². The van der Waals surface area contributed by atoms with Crippen molar-refractivity contribution in [2.75, 3.05) is 11.5 Å². The number of thioether (sulfide) groups is 1. The summed E-state index contributed by atoms with van der Waals surface area (Å²) in [6.45, 7) is 2.08. The first-order valence-corrected chi connectivity index (χ1v) is 5.91. The summed E-state index contributed by atoms with van der Waals surface area (Å²) in [5.41, 5.74) is 0.981. The third kappa shape index (κ3) is 4.03. The molecule has 0 aliphatic heterocycles. The third-order valence-electron chi connectivity index (χ3n) is 1.90. The summed E-state index contributed by atoms with van der Waals surface area (Å²) < 4.78 is 0. The van der Waals surface area contributed by atoms with Crippen molar-refractivity contribution < 1.29 is 10.2 Å². The molecule has 1 unspecified atom stereocenters. The van der Waals surface area contributed by atoms with Crippen LogP contribution in [0.1, 0.15) is 12.5 Å². The molecule has 0 saturated heterocycles. The fourth-order valence-corrected chi connectivity index (χ4v) is 1.89. The van der Waals surface area contributed by atoms with Crippen LogP contribution in [0.2, 0.25) is 0 Å². The van der Waals surface area contributed by atoms with Crippen LogP contribution in [0, 0.1) is 0 Å². The molecule has 2 N–H and O–H groups in total. The van der Waals surface area contributed by atoms with Gasteiger partial charge in [-0.25, -0.2) is 0 Å². The molecular formula is C11H16O2S. The third-order valence-corrected chi connectivity index (χ3v) is 2.92. The second-order valence-corrected chi connectivity index (χ2v) is 4.51. The summed E-state index contributed by atoms with van der Waals surface area (Å²) in [6, 6.07) is 7.04. The minimum absolute atomic E-state index is 0.262. The molecule has 1 atom stereocenters. The lowest BCUT2D eigenvalue weighted by molar-refractivity contribution is 0.200.